The molecule has 5 nitrogen and oxygen atoms in total. The highest BCUT2D eigenvalue weighted by Crippen LogP contribution is 2.26. The largest absolute Gasteiger partial charge is 0.394 e. The van der Waals surface area contributed by atoms with Gasteiger partial charge in [-0.15, -0.1) is 0 Å². The fourth-order valence-electron chi connectivity index (χ4n) is 1.93. The lowest BCUT2D eigenvalue weighted by Gasteiger charge is -2.38. The summed E-state index contributed by atoms with van der Waals surface area (Å²) in [5.41, 5.74) is 0.861. The maximum Gasteiger partial charge on any atom is 0.137 e. The standard InChI is InChI=1S/C11H16ClN3O2/c1-7-5-17-9(4-16)3-15(7)11-8(2)10(12)13-6-14-11/h6-7,9,16H,3-5H2,1-2H3. The lowest BCUT2D eigenvalue weighted by molar-refractivity contribution is -0.0106. The Morgan fingerprint density at radius 1 is 1.59 bits per heavy atom. The summed E-state index contributed by atoms with van der Waals surface area (Å²) in [5.74, 6) is 0.819. The predicted molar refractivity (Wildman–Crippen MR) is 65.4 cm³/mol. The minimum absolute atomic E-state index is 0.0150. The smallest absolute Gasteiger partial charge is 0.137 e. The molecule has 0 aliphatic carbocycles. The molecule has 0 saturated carbocycles. The van der Waals surface area contributed by atoms with Gasteiger partial charge in [-0.05, 0) is 13.8 Å². The molecule has 2 unspecified atom stereocenters. The molecule has 0 amide bonds. The summed E-state index contributed by atoms with van der Waals surface area (Å²) in [6.45, 7) is 5.16. The second kappa shape index (κ2) is 5.16. The lowest BCUT2D eigenvalue weighted by atomic mass is 10.2. The first-order valence-corrected chi connectivity index (χ1v) is 5.97. The van der Waals surface area contributed by atoms with Gasteiger partial charge in [-0.3, -0.25) is 0 Å². The number of morpholine rings is 1. The highest BCUT2D eigenvalue weighted by Gasteiger charge is 2.28. The highest BCUT2D eigenvalue weighted by molar-refractivity contribution is 6.30. The second-order valence-corrected chi connectivity index (χ2v) is 4.61. The Kier molecular flexibility index (Phi) is 3.81. The number of hydrogen-bond acceptors (Lipinski definition) is 5. The van der Waals surface area contributed by atoms with Gasteiger partial charge >= 0.3 is 0 Å². The molecule has 1 aromatic rings. The quantitative estimate of drug-likeness (QED) is 0.802. The van der Waals surface area contributed by atoms with E-state index in [-0.39, 0.29) is 18.8 Å². The summed E-state index contributed by atoms with van der Waals surface area (Å²) >= 11 is 5.99. The molecule has 94 valence electrons. The predicted octanol–water partition coefficient (Wildman–Crippen LogP) is 1.02. The summed E-state index contributed by atoms with van der Waals surface area (Å²) in [5, 5.41) is 9.62. The Balaban J connectivity index is 2.27. The van der Waals surface area contributed by atoms with Crippen molar-refractivity contribution in [2.45, 2.75) is 26.0 Å². The average molecular weight is 258 g/mol. The second-order valence-electron chi connectivity index (χ2n) is 4.25. The summed E-state index contributed by atoms with van der Waals surface area (Å²) in [6, 6.07) is 0.211. The Morgan fingerprint density at radius 3 is 3.06 bits per heavy atom. The van der Waals surface area contributed by atoms with Gasteiger partial charge in [-0.25, -0.2) is 9.97 Å². The molecule has 0 aromatic carbocycles. The van der Waals surface area contributed by atoms with Crippen LogP contribution in [-0.4, -0.2) is 47.0 Å². The minimum atomic E-state index is -0.167. The number of aliphatic hydroxyl groups excluding tert-OH is 1. The van der Waals surface area contributed by atoms with E-state index in [1.807, 2.05) is 6.92 Å². The molecule has 0 bridgehead atoms. The number of nitrogens with zero attached hydrogens (tertiary/aromatic N) is 3. The topological polar surface area (TPSA) is 58.5 Å². The fraction of sp³-hybridized carbons (Fsp3) is 0.636. The van der Waals surface area contributed by atoms with E-state index in [4.69, 9.17) is 21.4 Å². The Morgan fingerprint density at radius 2 is 2.35 bits per heavy atom. The van der Waals surface area contributed by atoms with Gasteiger partial charge < -0.3 is 14.7 Å². The first-order valence-electron chi connectivity index (χ1n) is 5.59. The number of hydrogen-bond donors (Lipinski definition) is 1. The Bertz CT molecular complexity index is 402. The van der Waals surface area contributed by atoms with Crippen LogP contribution < -0.4 is 4.90 Å². The summed E-state index contributed by atoms with van der Waals surface area (Å²) < 4.78 is 5.49. The number of anilines is 1. The van der Waals surface area contributed by atoms with E-state index in [0.29, 0.717) is 18.3 Å². The highest BCUT2D eigenvalue weighted by atomic mass is 35.5. The zero-order valence-electron chi connectivity index (χ0n) is 9.93. The molecule has 2 heterocycles. The van der Waals surface area contributed by atoms with Gasteiger partial charge in [0.25, 0.3) is 0 Å². The molecule has 0 spiro atoms. The van der Waals surface area contributed by atoms with Gasteiger partial charge in [0.2, 0.25) is 0 Å². The van der Waals surface area contributed by atoms with E-state index in [1.165, 1.54) is 6.33 Å². The molecule has 1 aromatic heterocycles. The molecule has 1 saturated heterocycles. The average Bonchev–Trinajstić information content (AvgIpc) is 2.34. The van der Waals surface area contributed by atoms with Gasteiger partial charge in [0.05, 0.1) is 25.4 Å². The van der Waals surface area contributed by atoms with Gasteiger partial charge in [-0.2, -0.15) is 0 Å². The Hall–Kier alpha value is -0.910. The number of aromatic nitrogens is 2. The van der Waals surface area contributed by atoms with Crippen LogP contribution in [0.5, 0.6) is 0 Å². The normalized spacial score (nSPS) is 25.1. The first kappa shape index (κ1) is 12.5. The first-order chi connectivity index (χ1) is 8.13. The molecule has 1 aliphatic rings. The molecular weight excluding hydrogens is 242 g/mol. The monoisotopic (exact) mass is 257 g/mol. The molecule has 17 heavy (non-hydrogen) atoms. The Labute approximate surface area is 105 Å². The maximum atomic E-state index is 9.16. The van der Waals surface area contributed by atoms with Crippen LogP contribution in [0.1, 0.15) is 12.5 Å². The summed E-state index contributed by atoms with van der Waals surface area (Å²) in [4.78, 5) is 10.3. The third kappa shape index (κ3) is 2.51. The van der Waals surface area contributed by atoms with Crippen molar-refractivity contribution < 1.29 is 9.84 Å². The van der Waals surface area contributed by atoms with E-state index < -0.39 is 0 Å². The molecule has 1 N–H and O–H groups in total. The molecule has 2 atom stereocenters. The summed E-state index contributed by atoms with van der Waals surface area (Å²) in [7, 11) is 0. The maximum absolute atomic E-state index is 9.16. The summed E-state index contributed by atoms with van der Waals surface area (Å²) in [6.07, 6.45) is 1.29. The van der Waals surface area contributed by atoms with E-state index >= 15 is 0 Å². The molecule has 2 rings (SSSR count). The third-order valence-electron chi connectivity index (χ3n) is 2.98. The van der Waals surface area contributed by atoms with E-state index in [2.05, 4.69) is 21.8 Å². The van der Waals surface area contributed by atoms with E-state index in [0.717, 1.165) is 11.4 Å². The van der Waals surface area contributed by atoms with Crippen molar-refractivity contribution >= 4 is 17.4 Å². The van der Waals surface area contributed by atoms with Crippen LogP contribution in [0.3, 0.4) is 0 Å². The molecular formula is C11H16ClN3O2. The van der Waals surface area contributed by atoms with Crippen molar-refractivity contribution in [3.8, 4) is 0 Å². The van der Waals surface area contributed by atoms with E-state index in [1.54, 1.807) is 0 Å². The van der Waals surface area contributed by atoms with Crippen molar-refractivity contribution in [1.29, 1.82) is 0 Å². The molecule has 6 heteroatoms. The number of aliphatic hydroxyl groups is 1. The van der Waals surface area contributed by atoms with Crippen molar-refractivity contribution in [1.82, 2.24) is 9.97 Å². The van der Waals surface area contributed by atoms with Crippen LogP contribution in [0.25, 0.3) is 0 Å². The van der Waals surface area contributed by atoms with Crippen LogP contribution in [0.15, 0.2) is 6.33 Å². The lowest BCUT2D eigenvalue weighted by Crippen LogP contribution is -2.50. The van der Waals surface area contributed by atoms with Crippen LogP contribution in [0, 0.1) is 6.92 Å². The zero-order valence-corrected chi connectivity index (χ0v) is 10.7. The van der Waals surface area contributed by atoms with Crippen LogP contribution >= 0.6 is 11.6 Å². The minimum Gasteiger partial charge on any atom is -0.394 e. The SMILES string of the molecule is Cc1c(Cl)ncnc1N1CC(CO)OCC1C. The van der Waals surface area contributed by atoms with Gasteiger partial charge in [0.1, 0.15) is 17.3 Å². The van der Waals surface area contributed by atoms with Crippen LogP contribution in [0.4, 0.5) is 5.82 Å². The third-order valence-corrected chi connectivity index (χ3v) is 3.36. The van der Waals surface area contributed by atoms with E-state index in [9.17, 15) is 0 Å². The number of halogens is 1. The zero-order chi connectivity index (χ0) is 12.4. The molecule has 1 aliphatic heterocycles. The number of ether oxygens (including phenoxy) is 1. The van der Waals surface area contributed by atoms with Crippen molar-refractivity contribution in [3.63, 3.8) is 0 Å². The van der Waals surface area contributed by atoms with Gasteiger partial charge in [0, 0.05) is 12.1 Å². The van der Waals surface area contributed by atoms with Crippen molar-refractivity contribution in [2.24, 2.45) is 0 Å². The van der Waals surface area contributed by atoms with Gasteiger partial charge in [-0.1, -0.05) is 11.6 Å². The van der Waals surface area contributed by atoms with Crippen LogP contribution in [0.2, 0.25) is 5.15 Å². The number of rotatable bonds is 2. The van der Waals surface area contributed by atoms with Gasteiger partial charge in [0.15, 0.2) is 0 Å². The van der Waals surface area contributed by atoms with Crippen molar-refractivity contribution in [3.05, 3.63) is 17.0 Å². The molecule has 0 radical (unpaired) electrons. The fourth-order valence-corrected chi connectivity index (χ4v) is 2.06. The van der Waals surface area contributed by atoms with Crippen molar-refractivity contribution in [2.75, 3.05) is 24.7 Å². The molecule has 1 fully saturated rings. The van der Waals surface area contributed by atoms with Crippen LogP contribution in [-0.2, 0) is 4.74 Å².